The van der Waals surface area contributed by atoms with Crippen molar-refractivity contribution < 1.29 is 4.74 Å². The van der Waals surface area contributed by atoms with E-state index in [4.69, 9.17) is 4.74 Å². The molecule has 1 unspecified atom stereocenters. The molecular weight excluding hydrogens is 138 g/mol. The van der Waals surface area contributed by atoms with E-state index in [2.05, 4.69) is 5.32 Å². The maximum absolute atomic E-state index is 5.01. The van der Waals surface area contributed by atoms with Gasteiger partial charge in [-0.1, -0.05) is 0 Å². The zero-order valence-electron chi connectivity index (χ0n) is 7.44. The van der Waals surface area contributed by atoms with Gasteiger partial charge < -0.3 is 10.1 Å². The molecule has 1 N–H and O–H groups in total. The van der Waals surface area contributed by atoms with Gasteiger partial charge >= 0.3 is 0 Å². The van der Waals surface area contributed by atoms with E-state index < -0.39 is 0 Å². The SMILES string of the molecule is COCCCC1CCCNC1. The smallest absolute Gasteiger partial charge is 0.0462 e. The second-order valence-electron chi connectivity index (χ2n) is 3.35. The summed E-state index contributed by atoms with van der Waals surface area (Å²) in [5.41, 5.74) is 0. The van der Waals surface area contributed by atoms with Gasteiger partial charge in [-0.25, -0.2) is 0 Å². The Labute approximate surface area is 69.3 Å². The van der Waals surface area contributed by atoms with Crippen molar-refractivity contribution in [2.24, 2.45) is 5.92 Å². The first kappa shape index (κ1) is 9.01. The van der Waals surface area contributed by atoms with Crippen LogP contribution in [0.5, 0.6) is 0 Å². The lowest BCUT2D eigenvalue weighted by Crippen LogP contribution is -2.29. The first-order chi connectivity index (χ1) is 5.43. The third-order valence-corrected chi connectivity index (χ3v) is 2.36. The fraction of sp³-hybridized carbons (Fsp3) is 1.00. The fourth-order valence-electron chi connectivity index (χ4n) is 1.69. The van der Waals surface area contributed by atoms with Crippen molar-refractivity contribution in [1.29, 1.82) is 0 Å². The largest absolute Gasteiger partial charge is 0.385 e. The molecule has 0 spiro atoms. The summed E-state index contributed by atoms with van der Waals surface area (Å²) in [6, 6.07) is 0. The van der Waals surface area contributed by atoms with Gasteiger partial charge in [0.2, 0.25) is 0 Å². The minimum atomic E-state index is 0.916. The van der Waals surface area contributed by atoms with E-state index in [9.17, 15) is 0 Å². The number of hydrogen-bond donors (Lipinski definition) is 1. The van der Waals surface area contributed by atoms with Crippen LogP contribution in [0.3, 0.4) is 0 Å². The van der Waals surface area contributed by atoms with E-state index in [1.807, 2.05) is 0 Å². The zero-order chi connectivity index (χ0) is 7.94. The average Bonchev–Trinajstić information content (AvgIpc) is 2.07. The third-order valence-electron chi connectivity index (χ3n) is 2.36. The molecule has 0 saturated carbocycles. The Balaban J connectivity index is 1.96. The molecule has 66 valence electrons. The van der Waals surface area contributed by atoms with Gasteiger partial charge in [-0.15, -0.1) is 0 Å². The molecule has 0 aromatic heterocycles. The van der Waals surface area contributed by atoms with Crippen molar-refractivity contribution in [2.75, 3.05) is 26.8 Å². The Morgan fingerprint density at radius 1 is 1.55 bits per heavy atom. The Morgan fingerprint density at radius 3 is 3.09 bits per heavy atom. The number of rotatable bonds is 4. The van der Waals surface area contributed by atoms with Crippen LogP contribution in [0.2, 0.25) is 0 Å². The van der Waals surface area contributed by atoms with Gasteiger partial charge in [0.15, 0.2) is 0 Å². The maximum Gasteiger partial charge on any atom is 0.0462 e. The van der Waals surface area contributed by atoms with Gasteiger partial charge in [0, 0.05) is 13.7 Å². The van der Waals surface area contributed by atoms with Crippen LogP contribution in [0.15, 0.2) is 0 Å². The van der Waals surface area contributed by atoms with Crippen molar-refractivity contribution in [3.8, 4) is 0 Å². The van der Waals surface area contributed by atoms with Crippen LogP contribution in [0.1, 0.15) is 25.7 Å². The van der Waals surface area contributed by atoms with Crippen LogP contribution in [0.4, 0.5) is 0 Å². The molecule has 0 aliphatic carbocycles. The molecule has 11 heavy (non-hydrogen) atoms. The number of piperidine rings is 1. The van der Waals surface area contributed by atoms with Crippen molar-refractivity contribution in [2.45, 2.75) is 25.7 Å². The van der Waals surface area contributed by atoms with Gasteiger partial charge in [-0.3, -0.25) is 0 Å². The highest BCUT2D eigenvalue weighted by atomic mass is 16.5. The molecule has 2 heteroatoms. The minimum absolute atomic E-state index is 0.916. The lowest BCUT2D eigenvalue weighted by molar-refractivity contribution is 0.183. The van der Waals surface area contributed by atoms with Crippen LogP contribution in [-0.4, -0.2) is 26.8 Å². The van der Waals surface area contributed by atoms with Gasteiger partial charge in [0.1, 0.15) is 0 Å². The fourth-order valence-corrected chi connectivity index (χ4v) is 1.69. The predicted molar refractivity (Wildman–Crippen MR) is 46.7 cm³/mol. The number of hydrogen-bond acceptors (Lipinski definition) is 2. The summed E-state index contributed by atoms with van der Waals surface area (Å²) in [4.78, 5) is 0. The summed E-state index contributed by atoms with van der Waals surface area (Å²) < 4.78 is 5.01. The quantitative estimate of drug-likeness (QED) is 0.623. The van der Waals surface area contributed by atoms with Crippen molar-refractivity contribution in [3.05, 3.63) is 0 Å². The Bertz CT molecular complexity index is 89.6. The highest BCUT2D eigenvalue weighted by molar-refractivity contribution is 4.68. The summed E-state index contributed by atoms with van der Waals surface area (Å²) in [7, 11) is 1.78. The summed E-state index contributed by atoms with van der Waals surface area (Å²) in [6.45, 7) is 3.38. The molecule has 1 aliphatic rings. The standard InChI is InChI=1S/C9H19NO/c1-11-7-3-5-9-4-2-6-10-8-9/h9-10H,2-8H2,1H3. The number of nitrogens with one attached hydrogen (secondary N) is 1. The number of methoxy groups -OCH3 is 1. The van der Waals surface area contributed by atoms with Crippen LogP contribution < -0.4 is 5.32 Å². The van der Waals surface area contributed by atoms with E-state index in [1.54, 1.807) is 7.11 Å². The number of ether oxygens (including phenoxy) is 1. The molecule has 0 aromatic rings. The highest BCUT2D eigenvalue weighted by Crippen LogP contribution is 2.15. The molecule has 0 bridgehead atoms. The Kier molecular flexibility index (Phi) is 4.55. The monoisotopic (exact) mass is 157 g/mol. The van der Waals surface area contributed by atoms with E-state index in [-0.39, 0.29) is 0 Å². The normalized spacial score (nSPS) is 25.4. The first-order valence-electron chi connectivity index (χ1n) is 4.63. The zero-order valence-corrected chi connectivity index (χ0v) is 7.44. The molecule has 0 amide bonds. The summed E-state index contributed by atoms with van der Waals surface area (Å²) >= 11 is 0. The second-order valence-corrected chi connectivity index (χ2v) is 3.35. The summed E-state index contributed by atoms with van der Waals surface area (Å²) in [5.74, 6) is 0.916. The maximum atomic E-state index is 5.01. The Morgan fingerprint density at radius 2 is 2.45 bits per heavy atom. The van der Waals surface area contributed by atoms with E-state index in [0.717, 1.165) is 12.5 Å². The Hall–Kier alpha value is -0.0800. The first-order valence-corrected chi connectivity index (χ1v) is 4.63. The molecule has 1 atom stereocenters. The molecule has 0 aromatic carbocycles. The van der Waals surface area contributed by atoms with Crippen molar-refractivity contribution in [3.63, 3.8) is 0 Å². The molecule has 2 nitrogen and oxygen atoms in total. The second kappa shape index (κ2) is 5.56. The topological polar surface area (TPSA) is 21.3 Å². The van der Waals surface area contributed by atoms with Gasteiger partial charge in [-0.2, -0.15) is 0 Å². The van der Waals surface area contributed by atoms with Gasteiger partial charge in [0.05, 0.1) is 0 Å². The van der Waals surface area contributed by atoms with Crippen molar-refractivity contribution in [1.82, 2.24) is 5.32 Å². The summed E-state index contributed by atoms with van der Waals surface area (Å²) in [6.07, 6.45) is 5.33. The molecular formula is C9H19NO. The van der Waals surface area contributed by atoms with Crippen LogP contribution >= 0.6 is 0 Å². The van der Waals surface area contributed by atoms with Crippen LogP contribution in [0, 0.1) is 5.92 Å². The molecule has 1 fully saturated rings. The molecule has 1 aliphatic heterocycles. The summed E-state index contributed by atoms with van der Waals surface area (Å²) in [5, 5.41) is 3.42. The van der Waals surface area contributed by atoms with Crippen LogP contribution in [-0.2, 0) is 4.74 Å². The molecule has 1 heterocycles. The van der Waals surface area contributed by atoms with Gasteiger partial charge in [0.25, 0.3) is 0 Å². The van der Waals surface area contributed by atoms with Crippen molar-refractivity contribution >= 4 is 0 Å². The third kappa shape index (κ3) is 3.73. The molecule has 1 rings (SSSR count). The average molecular weight is 157 g/mol. The van der Waals surface area contributed by atoms with E-state index >= 15 is 0 Å². The predicted octanol–water partition coefficient (Wildman–Crippen LogP) is 1.41. The van der Waals surface area contributed by atoms with E-state index in [1.165, 1.54) is 38.8 Å². The molecule has 1 saturated heterocycles. The highest BCUT2D eigenvalue weighted by Gasteiger charge is 2.11. The molecule has 0 radical (unpaired) electrons. The minimum Gasteiger partial charge on any atom is -0.385 e. The van der Waals surface area contributed by atoms with Crippen LogP contribution in [0.25, 0.3) is 0 Å². The van der Waals surface area contributed by atoms with Gasteiger partial charge in [-0.05, 0) is 44.7 Å². The lowest BCUT2D eigenvalue weighted by Gasteiger charge is -2.22. The lowest BCUT2D eigenvalue weighted by atomic mass is 9.95. The van der Waals surface area contributed by atoms with E-state index in [0.29, 0.717) is 0 Å².